The Hall–Kier alpha value is -3.27. The van der Waals surface area contributed by atoms with Crippen LogP contribution in [0.3, 0.4) is 0 Å². The highest BCUT2D eigenvalue weighted by Gasteiger charge is 2.30. The predicted molar refractivity (Wildman–Crippen MR) is 109 cm³/mol. The van der Waals surface area contributed by atoms with Crippen molar-refractivity contribution >= 4 is 6.09 Å². The van der Waals surface area contributed by atoms with Gasteiger partial charge in [-0.2, -0.15) is 0 Å². The SMILES string of the molecule is CC(c1ccccc1O)N(C)C(=O)OCC1c2ccccc2-c2ccccc21. The molecular formula is C24H23NO3. The average molecular weight is 373 g/mol. The van der Waals surface area contributed by atoms with Gasteiger partial charge in [-0.25, -0.2) is 4.79 Å². The summed E-state index contributed by atoms with van der Waals surface area (Å²) >= 11 is 0. The summed E-state index contributed by atoms with van der Waals surface area (Å²) in [6.45, 7) is 2.15. The number of carbonyl (C=O) groups excluding carboxylic acids is 1. The summed E-state index contributed by atoms with van der Waals surface area (Å²) in [5.74, 6) is 0.207. The second-order valence-electron chi connectivity index (χ2n) is 7.15. The van der Waals surface area contributed by atoms with Crippen molar-refractivity contribution < 1.29 is 14.6 Å². The quantitative estimate of drug-likeness (QED) is 0.672. The topological polar surface area (TPSA) is 49.8 Å². The van der Waals surface area contributed by atoms with Crippen molar-refractivity contribution in [3.63, 3.8) is 0 Å². The van der Waals surface area contributed by atoms with Gasteiger partial charge in [0.15, 0.2) is 0 Å². The molecule has 0 aromatic heterocycles. The lowest BCUT2D eigenvalue weighted by Gasteiger charge is -2.26. The molecular weight excluding hydrogens is 350 g/mol. The third-order valence-corrected chi connectivity index (χ3v) is 5.59. The Kier molecular flexibility index (Phi) is 4.78. The molecule has 0 spiro atoms. The van der Waals surface area contributed by atoms with Crippen LogP contribution in [0.15, 0.2) is 72.8 Å². The summed E-state index contributed by atoms with van der Waals surface area (Å²) in [6, 6.07) is 23.3. The number of rotatable bonds is 4. The molecule has 0 bridgehead atoms. The molecule has 1 N–H and O–H groups in total. The van der Waals surface area contributed by atoms with Crippen LogP contribution in [0.5, 0.6) is 5.75 Å². The number of hydrogen-bond acceptors (Lipinski definition) is 3. The molecule has 0 radical (unpaired) electrons. The first kappa shape index (κ1) is 18.1. The van der Waals surface area contributed by atoms with Crippen LogP contribution >= 0.6 is 0 Å². The van der Waals surface area contributed by atoms with Gasteiger partial charge >= 0.3 is 6.09 Å². The Morgan fingerprint density at radius 1 is 0.964 bits per heavy atom. The van der Waals surface area contributed by atoms with Crippen molar-refractivity contribution in [2.24, 2.45) is 0 Å². The first-order chi connectivity index (χ1) is 13.6. The number of nitrogens with zero attached hydrogens (tertiary/aromatic N) is 1. The molecule has 1 atom stereocenters. The lowest BCUT2D eigenvalue weighted by molar-refractivity contribution is 0.0966. The zero-order valence-electron chi connectivity index (χ0n) is 16.0. The number of fused-ring (bicyclic) bond motifs is 3. The van der Waals surface area contributed by atoms with Gasteiger partial charge in [0.1, 0.15) is 12.4 Å². The third kappa shape index (κ3) is 3.11. The van der Waals surface area contributed by atoms with Crippen molar-refractivity contribution in [3.8, 4) is 16.9 Å². The number of ether oxygens (including phenoxy) is 1. The minimum atomic E-state index is -0.405. The van der Waals surface area contributed by atoms with Gasteiger partial charge < -0.3 is 14.7 Å². The Bertz CT molecular complexity index is 968. The summed E-state index contributed by atoms with van der Waals surface area (Å²) in [4.78, 5) is 14.2. The van der Waals surface area contributed by atoms with Gasteiger partial charge in [-0.3, -0.25) is 0 Å². The molecule has 1 aliphatic carbocycles. The van der Waals surface area contributed by atoms with Crippen LogP contribution in [-0.2, 0) is 4.74 Å². The number of amides is 1. The highest BCUT2D eigenvalue weighted by atomic mass is 16.6. The molecule has 0 fully saturated rings. The molecule has 28 heavy (non-hydrogen) atoms. The lowest BCUT2D eigenvalue weighted by atomic mass is 9.98. The van der Waals surface area contributed by atoms with Gasteiger partial charge in [-0.15, -0.1) is 0 Å². The molecule has 4 heteroatoms. The van der Waals surface area contributed by atoms with Crippen molar-refractivity contribution in [1.29, 1.82) is 0 Å². The summed E-state index contributed by atoms with van der Waals surface area (Å²) < 4.78 is 5.69. The van der Waals surface area contributed by atoms with E-state index in [-0.39, 0.29) is 24.3 Å². The van der Waals surface area contributed by atoms with E-state index >= 15 is 0 Å². The second kappa shape index (κ2) is 7.39. The molecule has 3 aromatic rings. The highest BCUT2D eigenvalue weighted by molar-refractivity contribution is 5.79. The molecule has 0 heterocycles. The maximum atomic E-state index is 12.7. The Morgan fingerprint density at radius 3 is 2.11 bits per heavy atom. The van der Waals surface area contributed by atoms with E-state index in [4.69, 9.17) is 4.74 Å². The van der Waals surface area contributed by atoms with E-state index in [2.05, 4.69) is 24.3 Å². The monoisotopic (exact) mass is 373 g/mol. The van der Waals surface area contributed by atoms with Gasteiger partial charge in [-0.1, -0.05) is 66.7 Å². The Morgan fingerprint density at radius 2 is 1.50 bits per heavy atom. The van der Waals surface area contributed by atoms with Crippen LogP contribution in [0.4, 0.5) is 4.79 Å². The summed E-state index contributed by atoms with van der Waals surface area (Å²) in [5, 5.41) is 10.1. The first-order valence-corrected chi connectivity index (χ1v) is 9.43. The fourth-order valence-corrected chi connectivity index (χ4v) is 3.90. The Labute approximate surface area is 165 Å². The molecule has 0 saturated heterocycles. The van der Waals surface area contributed by atoms with E-state index in [1.54, 1.807) is 19.2 Å². The number of aromatic hydroxyl groups is 1. The molecule has 4 nitrogen and oxygen atoms in total. The largest absolute Gasteiger partial charge is 0.508 e. The number of benzene rings is 3. The van der Waals surface area contributed by atoms with E-state index in [1.807, 2.05) is 43.3 Å². The van der Waals surface area contributed by atoms with Crippen molar-refractivity contribution in [2.75, 3.05) is 13.7 Å². The maximum absolute atomic E-state index is 12.7. The zero-order valence-corrected chi connectivity index (χ0v) is 16.0. The number of hydrogen-bond donors (Lipinski definition) is 1. The van der Waals surface area contributed by atoms with E-state index < -0.39 is 6.09 Å². The standard InChI is InChI=1S/C24H23NO3/c1-16(17-9-7-8-14-23(17)26)25(2)24(27)28-15-22-20-12-5-3-10-18(20)19-11-4-6-13-21(19)22/h3-14,16,22,26H,15H2,1-2H3. The van der Waals surface area contributed by atoms with Crippen molar-refractivity contribution in [3.05, 3.63) is 89.5 Å². The second-order valence-corrected chi connectivity index (χ2v) is 7.15. The number of carbonyl (C=O) groups is 1. The molecule has 4 rings (SSSR count). The molecule has 0 aliphatic heterocycles. The summed E-state index contributed by atoms with van der Waals surface area (Å²) in [5.41, 5.74) is 5.48. The summed E-state index contributed by atoms with van der Waals surface area (Å²) in [7, 11) is 1.69. The normalized spacial score (nSPS) is 13.5. The molecule has 142 valence electrons. The van der Waals surface area contributed by atoms with Crippen LogP contribution in [-0.4, -0.2) is 29.8 Å². The zero-order chi connectivity index (χ0) is 19.7. The van der Waals surface area contributed by atoms with Crippen LogP contribution < -0.4 is 0 Å². The minimum Gasteiger partial charge on any atom is -0.508 e. The van der Waals surface area contributed by atoms with Crippen LogP contribution in [0, 0.1) is 0 Å². The van der Waals surface area contributed by atoms with Gasteiger partial charge in [-0.05, 0) is 35.2 Å². The van der Waals surface area contributed by atoms with Gasteiger partial charge in [0.2, 0.25) is 0 Å². The fourth-order valence-electron chi connectivity index (χ4n) is 3.90. The van der Waals surface area contributed by atoms with Crippen LogP contribution in [0.2, 0.25) is 0 Å². The van der Waals surface area contributed by atoms with E-state index in [9.17, 15) is 9.90 Å². The molecule has 3 aromatic carbocycles. The van der Waals surface area contributed by atoms with E-state index in [1.165, 1.54) is 27.2 Å². The number of phenolic OH excluding ortho intramolecular Hbond substituents is 1. The van der Waals surface area contributed by atoms with E-state index in [0.717, 1.165) is 0 Å². The predicted octanol–water partition coefficient (Wildman–Crippen LogP) is 5.33. The van der Waals surface area contributed by atoms with Crippen molar-refractivity contribution in [2.45, 2.75) is 18.9 Å². The van der Waals surface area contributed by atoms with E-state index in [0.29, 0.717) is 5.56 Å². The first-order valence-electron chi connectivity index (χ1n) is 9.43. The van der Waals surface area contributed by atoms with Gasteiger partial charge in [0.05, 0.1) is 6.04 Å². The molecule has 1 amide bonds. The van der Waals surface area contributed by atoms with Gasteiger partial charge in [0.25, 0.3) is 0 Å². The Balaban J connectivity index is 1.50. The van der Waals surface area contributed by atoms with Crippen molar-refractivity contribution in [1.82, 2.24) is 4.90 Å². The average Bonchev–Trinajstić information content (AvgIpc) is 3.05. The molecule has 1 aliphatic rings. The number of phenols is 1. The minimum absolute atomic E-state index is 0.0326. The number of para-hydroxylation sites is 1. The maximum Gasteiger partial charge on any atom is 0.410 e. The lowest BCUT2D eigenvalue weighted by Crippen LogP contribution is -2.31. The smallest absolute Gasteiger partial charge is 0.410 e. The highest BCUT2D eigenvalue weighted by Crippen LogP contribution is 2.44. The van der Waals surface area contributed by atoms with Crippen LogP contribution in [0.25, 0.3) is 11.1 Å². The third-order valence-electron chi connectivity index (χ3n) is 5.59. The van der Waals surface area contributed by atoms with Gasteiger partial charge in [0, 0.05) is 18.5 Å². The summed E-state index contributed by atoms with van der Waals surface area (Å²) in [6.07, 6.45) is -0.405. The fraction of sp³-hybridized carbons (Fsp3) is 0.208. The molecule has 1 unspecified atom stereocenters. The van der Waals surface area contributed by atoms with Crippen LogP contribution in [0.1, 0.15) is 35.6 Å². The molecule has 0 saturated carbocycles.